The zero-order valence-corrected chi connectivity index (χ0v) is 10.1. The fourth-order valence-corrected chi connectivity index (χ4v) is 3.14. The first-order chi connectivity index (χ1) is 8.63. The van der Waals surface area contributed by atoms with Crippen molar-refractivity contribution >= 4 is 17.3 Å². The Morgan fingerprint density at radius 1 is 1.39 bits per heavy atom. The van der Waals surface area contributed by atoms with Crippen molar-refractivity contribution in [3.8, 4) is 0 Å². The highest BCUT2D eigenvalue weighted by atomic mass is 16.4. The van der Waals surface area contributed by atoms with E-state index in [1.165, 1.54) is 0 Å². The van der Waals surface area contributed by atoms with Gasteiger partial charge in [0.15, 0.2) is 5.78 Å². The Hall–Kier alpha value is -1.90. The smallest absolute Gasteiger partial charge is 0.318 e. The predicted octanol–water partition coefficient (Wildman–Crippen LogP) is 2.52. The van der Waals surface area contributed by atoms with Gasteiger partial charge >= 0.3 is 5.97 Å². The van der Waals surface area contributed by atoms with Crippen LogP contribution in [0.5, 0.6) is 0 Å². The number of benzene rings is 1. The van der Waals surface area contributed by atoms with Crippen molar-refractivity contribution in [2.45, 2.75) is 19.8 Å². The largest absolute Gasteiger partial charge is 0.480 e. The third-order valence-corrected chi connectivity index (χ3v) is 4.13. The third kappa shape index (κ3) is 1.19. The van der Waals surface area contributed by atoms with Gasteiger partial charge in [0.25, 0.3) is 0 Å². The van der Waals surface area contributed by atoms with E-state index in [9.17, 15) is 14.7 Å². The molecule has 1 aromatic carbocycles. The molecule has 18 heavy (non-hydrogen) atoms. The minimum Gasteiger partial charge on any atom is -0.480 e. The van der Waals surface area contributed by atoms with E-state index in [0.29, 0.717) is 18.4 Å². The Labute approximate surface area is 105 Å². The van der Waals surface area contributed by atoms with Crippen LogP contribution in [0.25, 0.3) is 5.57 Å². The highest BCUT2D eigenvalue weighted by Crippen LogP contribution is 2.66. The maximum absolute atomic E-state index is 12.3. The molecule has 0 saturated heterocycles. The van der Waals surface area contributed by atoms with Crippen molar-refractivity contribution in [3.63, 3.8) is 0 Å². The second kappa shape index (κ2) is 3.55. The number of allylic oxidation sites excluding steroid dienone is 2. The first-order valence-electron chi connectivity index (χ1n) is 6.19. The number of ketones is 1. The number of Topliss-reactive ketones (excluding diaryl/α,β-unsaturated/α-hetero) is 1. The van der Waals surface area contributed by atoms with Crippen molar-refractivity contribution in [2.24, 2.45) is 11.3 Å². The molecule has 0 heterocycles. The molecule has 2 aliphatic carbocycles. The zero-order valence-electron chi connectivity index (χ0n) is 10.1. The maximum Gasteiger partial charge on any atom is 0.318 e. The van der Waals surface area contributed by atoms with Gasteiger partial charge in [-0.05, 0) is 24.0 Å². The van der Waals surface area contributed by atoms with E-state index < -0.39 is 11.4 Å². The molecule has 3 heteroatoms. The number of rotatable bonds is 3. The van der Waals surface area contributed by atoms with Crippen molar-refractivity contribution < 1.29 is 14.7 Å². The van der Waals surface area contributed by atoms with Crippen LogP contribution in [-0.2, 0) is 9.59 Å². The van der Waals surface area contributed by atoms with Gasteiger partial charge in [-0.2, -0.15) is 0 Å². The first kappa shape index (κ1) is 11.2. The SMILES string of the molecule is CCC1=C(c2ccccc2)C2CC2(C(=O)O)C1=O. The van der Waals surface area contributed by atoms with Gasteiger partial charge in [0, 0.05) is 11.5 Å². The summed E-state index contributed by atoms with van der Waals surface area (Å²) in [6, 6.07) is 9.67. The summed E-state index contributed by atoms with van der Waals surface area (Å²) in [5, 5.41) is 9.32. The number of hydrogen-bond acceptors (Lipinski definition) is 2. The number of carbonyl (C=O) groups is 2. The van der Waals surface area contributed by atoms with E-state index >= 15 is 0 Å². The summed E-state index contributed by atoms with van der Waals surface area (Å²) in [7, 11) is 0. The van der Waals surface area contributed by atoms with Crippen LogP contribution in [0.1, 0.15) is 25.3 Å². The maximum atomic E-state index is 12.3. The fourth-order valence-electron chi connectivity index (χ4n) is 3.14. The lowest BCUT2D eigenvalue weighted by atomic mass is 9.95. The van der Waals surface area contributed by atoms with E-state index in [4.69, 9.17) is 0 Å². The molecule has 2 aliphatic rings. The minimum absolute atomic E-state index is 0.111. The van der Waals surface area contributed by atoms with Crippen LogP contribution in [0.4, 0.5) is 0 Å². The Morgan fingerprint density at radius 3 is 2.61 bits per heavy atom. The van der Waals surface area contributed by atoms with Crippen LogP contribution in [0, 0.1) is 11.3 Å². The molecule has 1 aromatic rings. The van der Waals surface area contributed by atoms with Gasteiger partial charge in [-0.15, -0.1) is 0 Å². The summed E-state index contributed by atoms with van der Waals surface area (Å²) in [6.07, 6.45) is 1.07. The minimum atomic E-state index is -1.13. The van der Waals surface area contributed by atoms with Crippen molar-refractivity contribution in [1.29, 1.82) is 0 Å². The zero-order chi connectivity index (χ0) is 12.9. The summed E-state index contributed by atoms with van der Waals surface area (Å²) in [6.45, 7) is 1.91. The molecule has 2 unspecified atom stereocenters. The molecule has 0 aliphatic heterocycles. The summed E-state index contributed by atoms with van der Waals surface area (Å²) in [5.74, 6) is -1.24. The van der Waals surface area contributed by atoms with Gasteiger partial charge in [0.1, 0.15) is 5.41 Å². The third-order valence-electron chi connectivity index (χ3n) is 4.13. The van der Waals surface area contributed by atoms with Gasteiger partial charge in [-0.1, -0.05) is 37.3 Å². The lowest BCUT2D eigenvalue weighted by Gasteiger charge is -2.08. The summed E-state index contributed by atoms with van der Waals surface area (Å²) >= 11 is 0. The van der Waals surface area contributed by atoms with Gasteiger partial charge in [-0.25, -0.2) is 0 Å². The molecule has 3 rings (SSSR count). The van der Waals surface area contributed by atoms with Crippen LogP contribution in [-0.4, -0.2) is 16.9 Å². The van der Waals surface area contributed by atoms with Crippen LogP contribution >= 0.6 is 0 Å². The molecule has 0 spiro atoms. The predicted molar refractivity (Wildman–Crippen MR) is 66.8 cm³/mol. The summed E-state index contributed by atoms with van der Waals surface area (Å²) in [4.78, 5) is 23.7. The number of hydrogen-bond donors (Lipinski definition) is 1. The van der Waals surface area contributed by atoms with E-state index in [2.05, 4.69) is 0 Å². The molecule has 92 valence electrons. The second-order valence-corrected chi connectivity index (χ2v) is 4.97. The van der Waals surface area contributed by atoms with Gasteiger partial charge < -0.3 is 5.11 Å². The molecule has 1 saturated carbocycles. The number of carboxylic acids is 1. The molecule has 2 atom stereocenters. The highest BCUT2D eigenvalue weighted by Gasteiger charge is 2.71. The standard InChI is InChI=1S/C15H14O3/c1-2-10-12(9-6-4-3-5-7-9)11-8-15(11,13(10)16)14(17)18/h3-7,11H,2,8H2,1H3,(H,17,18). The number of fused-ring (bicyclic) bond motifs is 1. The summed E-state index contributed by atoms with van der Waals surface area (Å²) < 4.78 is 0. The Bertz CT molecular complexity index is 571. The van der Waals surface area contributed by atoms with Crippen LogP contribution in [0.15, 0.2) is 35.9 Å². The number of carboxylic acid groups (broad SMARTS) is 1. The quantitative estimate of drug-likeness (QED) is 0.828. The lowest BCUT2D eigenvalue weighted by Crippen LogP contribution is -2.25. The Balaban J connectivity index is 2.12. The summed E-state index contributed by atoms with van der Waals surface area (Å²) in [5.41, 5.74) is 1.54. The molecule has 1 fully saturated rings. The van der Waals surface area contributed by atoms with E-state index in [1.54, 1.807) is 0 Å². The van der Waals surface area contributed by atoms with Crippen molar-refractivity contribution in [3.05, 3.63) is 41.5 Å². The Kier molecular flexibility index (Phi) is 2.21. The molecule has 0 bridgehead atoms. The molecule has 1 N–H and O–H groups in total. The Morgan fingerprint density at radius 2 is 2.06 bits per heavy atom. The average Bonchev–Trinajstić information content (AvgIpc) is 3.07. The fraction of sp³-hybridized carbons (Fsp3) is 0.333. The van der Waals surface area contributed by atoms with Gasteiger partial charge in [0.05, 0.1) is 0 Å². The van der Waals surface area contributed by atoms with E-state index in [1.807, 2.05) is 37.3 Å². The second-order valence-electron chi connectivity index (χ2n) is 4.97. The van der Waals surface area contributed by atoms with Crippen LogP contribution < -0.4 is 0 Å². The molecule has 3 nitrogen and oxygen atoms in total. The first-order valence-corrected chi connectivity index (χ1v) is 6.19. The normalized spacial score (nSPS) is 29.4. The molecular weight excluding hydrogens is 228 g/mol. The van der Waals surface area contributed by atoms with Crippen molar-refractivity contribution in [1.82, 2.24) is 0 Å². The van der Waals surface area contributed by atoms with Crippen LogP contribution in [0.3, 0.4) is 0 Å². The van der Waals surface area contributed by atoms with E-state index in [-0.39, 0.29) is 11.7 Å². The van der Waals surface area contributed by atoms with Gasteiger partial charge in [-0.3, -0.25) is 9.59 Å². The molecule has 0 amide bonds. The van der Waals surface area contributed by atoms with Crippen molar-refractivity contribution in [2.75, 3.05) is 0 Å². The molecule has 0 radical (unpaired) electrons. The van der Waals surface area contributed by atoms with E-state index in [0.717, 1.165) is 11.1 Å². The number of carbonyl (C=O) groups excluding carboxylic acids is 1. The lowest BCUT2D eigenvalue weighted by molar-refractivity contribution is -0.147. The highest BCUT2D eigenvalue weighted by molar-refractivity contribution is 6.24. The molecular formula is C15H14O3. The average molecular weight is 242 g/mol. The number of aliphatic carboxylic acids is 1. The van der Waals surface area contributed by atoms with Crippen LogP contribution in [0.2, 0.25) is 0 Å². The monoisotopic (exact) mass is 242 g/mol. The molecule has 0 aromatic heterocycles. The van der Waals surface area contributed by atoms with Gasteiger partial charge in [0.2, 0.25) is 0 Å². The topological polar surface area (TPSA) is 54.4 Å².